The van der Waals surface area contributed by atoms with E-state index in [1.807, 2.05) is 60.7 Å². The highest BCUT2D eigenvalue weighted by atomic mass is 35.5. The van der Waals surface area contributed by atoms with Crippen LogP contribution < -0.4 is 10.6 Å². The molecule has 0 spiro atoms. The Morgan fingerprint density at radius 3 is 1.94 bits per heavy atom. The summed E-state index contributed by atoms with van der Waals surface area (Å²) >= 11 is 6.15. The number of hydrogen-bond donors (Lipinski definition) is 2. The van der Waals surface area contributed by atoms with E-state index in [-0.39, 0.29) is 22.2 Å². The summed E-state index contributed by atoms with van der Waals surface area (Å²) in [5, 5.41) is 5.70. The zero-order valence-electron chi connectivity index (χ0n) is 17.7. The van der Waals surface area contributed by atoms with Gasteiger partial charge in [0.1, 0.15) is 6.04 Å². The molecule has 2 amide bonds. The Morgan fingerprint density at radius 2 is 1.41 bits per heavy atom. The van der Waals surface area contributed by atoms with E-state index >= 15 is 0 Å². The number of methoxy groups -OCH3 is 1. The molecule has 32 heavy (non-hydrogen) atoms. The van der Waals surface area contributed by atoms with Crippen LogP contribution >= 0.6 is 11.6 Å². The van der Waals surface area contributed by atoms with Crippen molar-refractivity contribution in [1.82, 2.24) is 5.32 Å². The number of rotatable bonds is 7. The molecule has 0 aromatic heterocycles. The van der Waals surface area contributed by atoms with Crippen molar-refractivity contribution >= 4 is 35.1 Å². The number of carbonyl (C=O) groups excluding carboxylic acids is 3. The zero-order chi connectivity index (χ0) is 23.1. The molecule has 0 aliphatic rings. The summed E-state index contributed by atoms with van der Waals surface area (Å²) in [4.78, 5) is 37.7. The Hall–Kier alpha value is -3.64. The molecule has 3 aromatic carbocycles. The molecule has 3 rings (SSSR count). The first-order valence-electron chi connectivity index (χ1n) is 9.99. The molecular formula is C25H23ClN2O4. The molecule has 3 aromatic rings. The van der Waals surface area contributed by atoms with Gasteiger partial charge in [0.15, 0.2) is 0 Å². The highest BCUT2D eigenvalue weighted by molar-refractivity contribution is 6.34. The Balaban J connectivity index is 1.76. The van der Waals surface area contributed by atoms with Gasteiger partial charge in [-0.2, -0.15) is 0 Å². The van der Waals surface area contributed by atoms with Crippen LogP contribution in [-0.2, 0) is 14.3 Å². The van der Waals surface area contributed by atoms with E-state index in [1.54, 1.807) is 6.92 Å². The SMILES string of the molecule is COC(=O)c1ccc(Cl)c(NC(=O)C(C)NC(=O)C(c2ccccc2)c2ccccc2)c1. The maximum atomic E-state index is 13.2. The standard InChI is InChI=1S/C25H23ClN2O4/c1-16(23(29)28-21-15-19(25(31)32-2)13-14-20(21)26)27-24(30)22(17-9-5-3-6-10-17)18-11-7-4-8-12-18/h3-16,22H,1-2H3,(H,27,30)(H,28,29). The number of esters is 1. The van der Waals surface area contributed by atoms with Crippen molar-refractivity contribution in [3.63, 3.8) is 0 Å². The average molecular weight is 451 g/mol. The third-order valence-corrected chi connectivity index (χ3v) is 5.25. The smallest absolute Gasteiger partial charge is 0.337 e. The van der Waals surface area contributed by atoms with Gasteiger partial charge < -0.3 is 15.4 Å². The lowest BCUT2D eigenvalue weighted by molar-refractivity contribution is -0.126. The minimum atomic E-state index is -0.852. The monoisotopic (exact) mass is 450 g/mol. The van der Waals surface area contributed by atoms with Crippen molar-refractivity contribution in [3.8, 4) is 0 Å². The number of benzene rings is 3. The van der Waals surface area contributed by atoms with E-state index in [2.05, 4.69) is 10.6 Å². The van der Waals surface area contributed by atoms with E-state index in [0.29, 0.717) is 0 Å². The molecule has 0 fully saturated rings. The third kappa shape index (κ3) is 5.53. The number of hydrogen-bond acceptors (Lipinski definition) is 4. The Morgan fingerprint density at radius 1 is 0.844 bits per heavy atom. The lowest BCUT2D eigenvalue weighted by atomic mass is 9.90. The van der Waals surface area contributed by atoms with Crippen molar-refractivity contribution < 1.29 is 19.1 Å². The number of halogens is 1. The summed E-state index contributed by atoms with van der Waals surface area (Å²) in [6, 6.07) is 22.3. The van der Waals surface area contributed by atoms with E-state index in [4.69, 9.17) is 16.3 Å². The summed E-state index contributed by atoms with van der Waals surface area (Å²) in [6.07, 6.45) is 0. The Bertz CT molecular complexity index is 1060. The van der Waals surface area contributed by atoms with E-state index in [0.717, 1.165) is 11.1 Å². The summed E-state index contributed by atoms with van der Waals surface area (Å²) in [7, 11) is 1.27. The van der Waals surface area contributed by atoms with Crippen LogP contribution in [-0.4, -0.2) is 30.9 Å². The molecular weight excluding hydrogens is 428 g/mol. The fourth-order valence-electron chi connectivity index (χ4n) is 3.26. The van der Waals surface area contributed by atoms with Gasteiger partial charge in [-0.05, 0) is 36.2 Å². The van der Waals surface area contributed by atoms with Crippen LogP contribution in [0.5, 0.6) is 0 Å². The van der Waals surface area contributed by atoms with Gasteiger partial charge in [0.2, 0.25) is 11.8 Å². The second-order valence-corrected chi connectivity index (χ2v) is 7.57. The second-order valence-electron chi connectivity index (χ2n) is 7.16. The van der Waals surface area contributed by atoms with Gasteiger partial charge in [-0.3, -0.25) is 9.59 Å². The summed E-state index contributed by atoms with van der Waals surface area (Å²) in [5.41, 5.74) is 2.13. The van der Waals surface area contributed by atoms with Crippen LogP contribution in [0.3, 0.4) is 0 Å². The predicted molar refractivity (Wildman–Crippen MR) is 124 cm³/mol. The van der Waals surface area contributed by atoms with Crippen molar-refractivity contribution in [1.29, 1.82) is 0 Å². The quantitative estimate of drug-likeness (QED) is 0.522. The van der Waals surface area contributed by atoms with Crippen LogP contribution in [0.4, 0.5) is 5.69 Å². The topological polar surface area (TPSA) is 84.5 Å². The molecule has 0 heterocycles. The van der Waals surface area contributed by atoms with Crippen LogP contribution in [0, 0.1) is 0 Å². The third-order valence-electron chi connectivity index (χ3n) is 4.93. The fraction of sp³-hybridized carbons (Fsp3) is 0.160. The first kappa shape index (κ1) is 23.0. The maximum Gasteiger partial charge on any atom is 0.337 e. The molecule has 0 aliphatic heterocycles. The maximum absolute atomic E-state index is 13.2. The number of ether oxygens (including phenoxy) is 1. The van der Waals surface area contributed by atoms with Gasteiger partial charge in [-0.15, -0.1) is 0 Å². The van der Waals surface area contributed by atoms with Crippen LogP contribution in [0.2, 0.25) is 5.02 Å². The van der Waals surface area contributed by atoms with E-state index in [1.165, 1.54) is 25.3 Å². The predicted octanol–water partition coefficient (Wildman–Crippen LogP) is 4.40. The fourth-order valence-corrected chi connectivity index (χ4v) is 3.42. The molecule has 6 nitrogen and oxygen atoms in total. The van der Waals surface area contributed by atoms with Crippen LogP contribution in [0.15, 0.2) is 78.9 Å². The summed E-state index contributed by atoms with van der Waals surface area (Å²) < 4.78 is 4.69. The van der Waals surface area contributed by atoms with Gasteiger partial charge in [0.05, 0.1) is 29.3 Å². The molecule has 0 radical (unpaired) electrons. The lowest BCUT2D eigenvalue weighted by Gasteiger charge is -2.21. The zero-order valence-corrected chi connectivity index (χ0v) is 18.4. The van der Waals surface area contributed by atoms with Gasteiger partial charge in [0, 0.05) is 0 Å². The van der Waals surface area contributed by atoms with Crippen molar-refractivity contribution in [2.45, 2.75) is 18.9 Å². The molecule has 7 heteroatoms. The van der Waals surface area contributed by atoms with Crippen molar-refractivity contribution in [2.75, 3.05) is 12.4 Å². The highest BCUT2D eigenvalue weighted by Crippen LogP contribution is 2.26. The number of anilines is 1. The molecule has 0 saturated heterocycles. The normalized spacial score (nSPS) is 11.5. The van der Waals surface area contributed by atoms with E-state index in [9.17, 15) is 14.4 Å². The number of nitrogens with one attached hydrogen (secondary N) is 2. The van der Waals surface area contributed by atoms with Gasteiger partial charge in [-0.1, -0.05) is 72.3 Å². The summed E-state index contributed by atoms with van der Waals surface area (Å²) in [5.74, 6) is -1.90. The number of amides is 2. The van der Waals surface area contributed by atoms with E-state index < -0.39 is 23.8 Å². The van der Waals surface area contributed by atoms with Gasteiger partial charge in [-0.25, -0.2) is 4.79 Å². The largest absolute Gasteiger partial charge is 0.465 e. The average Bonchev–Trinajstić information content (AvgIpc) is 2.81. The first-order chi connectivity index (χ1) is 15.4. The Labute approximate surface area is 191 Å². The Kier molecular flexibility index (Phi) is 7.63. The molecule has 2 N–H and O–H groups in total. The number of carbonyl (C=O) groups is 3. The van der Waals surface area contributed by atoms with Crippen LogP contribution in [0.1, 0.15) is 34.3 Å². The molecule has 0 saturated carbocycles. The van der Waals surface area contributed by atoms with Crippen LogP contribution in [0.25, 0.3) is 0 Å². The molecule has 0 bridgehead atoms. The van der Waals surface area contributed by atoms with Crippen molar-refractivity contribution in [2.24, 2.45) is 0 Å². The summed E-state index contributed by atoms with van der Waals surface area (Å²) in [6.45, 7) is 1.58. The minimum Gasteiger partial charge on any atom is -0.465 e. The lowest BCUT2D eigenvalue weighted by Crippen LogP contribution is -2.43. The highest BCUT2D eigenvalue weighted by Gasteiger charge is 2.26. The first-order valence-corrected chi connectivity index (χ1v) is 10.4. The molecule has 164 valence electrons. The minimum absolute atomic E-state index is 0.247. The van der Waals surface area contributed by atoms with Crippen molar-refractivity contribution in [3.05, 3.63) is 101 Å². The van der Waals surface area contributed by atoms with Gasteiger partial charge in [0.25, 0.3) is 0 Å². The molecule has 1 atom stereocenters. The second kappa shape index (κ2) is 10.6. The van der Waals surface area contributed by atoms with Gasteiger partial charge >= 0.3 is 5.97 Å². The molecule has 0 aliphatic carbocycles. The molecule has 1 unspecified atom stereocenters.